The predicted octanol–water partition coefficient (Wildman–Crippen LogP) is 2.77. The minimum absolute atomic E-state index is 0.0165. The van der Waals surface area contributed by atoms with E-state index in [-0.39, 0.29) is 5.75 Å². The van der Waals surface area contributed by atoms with E-state index in [0.717, 1.165) is 17.7 Å². The summed E-state index contributed by atoms with van der Waals surface area (Å²) in [6.45, 7) is 3.52. The first kappa shape index (κ1) is 21.5. The molecule has 1 aliphatic rings. The topological polar surface area (TPSA) is 73.8 Å². The Morgan fingerprint density at radius 3 is 2.76 bits per heavy atom. The van der Waals surface area contributed by atoms with Gasteiger partial charge in [0.15, 0.2) is 5.96 Å². The third-order valence-corrected chi connectivity index (χ3v) is 7.54. The van der Waals surface area contributed by atoms with Crippen molar-refractivity contribution in [2.24, 2.45) is 4.99 Å². The highest BCUT2D eigenvalue weighted by Crippen LogP contribution is 2.29. The minimum Gasteiger partial charge on any atom is -0.355 e. The van der Waals surface area contributed by atoms with Gasteiger partial charge in [0.05, 0.1) is 11.4 Å². The van der Waals surface area contributed by atoms with Crippen LogP contribution in [0.2, 0.25) is 0 Å². The molecule has 1 aliphatic heterocycles. The van der Waals surface area contributed by atoms with Gasteiger partial charge in [-0.25, -0.2) is 8.42 Å². The fraction of sp³-hybridized carbons (Fsp3) is 0.381. The highest BCUT2D eigenvalue weighted by atomic mass is 32.2. The summed E-state index contributed by atoms with van der Waals surface area (Å²) in [5.74, 6) is 0.609. The molecule has 0 aromatic heterocycles. The van der Waals surface area contributed by atoms with Gasteiger partial charge in [-0.05, 0) is 48.4 Å². The van der Waals surface area contributed by atoms with E-state index in [1.165, 1.54) is 20.3 Å². The second-order valence-corrected chi connectivity index (χ2v) is 9.80. The number of anilines is 1. The van der Waals surface area contributed by atoms with Gasteiger partial charge in [0, 0.05) is 31.6 Å². The van der Waals surface area contributed by atoms with Crippen molar-refractivity contribution in [1.82, 2.24) is 10.6 Å². The maximum absolute atomic E-state index is 12.8. The van der Waals surface area contributed by atoms with Crippen LogP contribution in [-0.4, -0.2) is 46.5 Å². The highest BCUT2D eigenvalue weighted by molar-refractivity contribution is 7.98. The zero-order chi connectivity index (χ0) is 20.9. The zero-order valence-corrected chi connectivity index (χ0v) is 18.7. The minimum atomic E-state index is -3.38. The highest BCUT2D eigenvalue weighted by Gasteiger charge is 2.28. The summed E-state index contributed by atoms with van der Waals surface area (Å²) in [6, 6.07) is 14.1. The molecular formula is C21H28N4O2S2. The van der Waals surface area contributed by atoms with Crippen LogP contribution < -0.4 is 14.9 Å². The lowest BCUT2D eigenvalue weighted by Crippen LogP contribution is -2.41. The number of nitrogens with one attached hydrogen (secondary N) is 2. The number of rotatable bonds is 7. The van der Waals surface area contributed by atoms with Crippen LogP contribution in [0.15, 0.2) is 52.4 Å². The van der Waals surface area contributed by atoms with Crippen molar-refractivity contribution in [3.05, 3.63) is 59.2 Å². The van der Waals surface area contributed by atoms with E-state index < -0.39 is 10.0 Å². The number of para-hydroxylation sites is 1. The zero-order valence-electron chi connectivity index (χ0n) is 17.1. The first-order valence-corrected chi connectivity index (χ1v) is 12.4. The molecular weight excluding hydrogens is 404 g/mol. The molecule has 0 amide bonds. The molecule has 8 heteroatoms. The van der Waals surface area contributed by atoms with E-state index in [1.807, 2.05) is 24.3 Å². The largest absolute Gasteiger partial charge is 0.355 e. The molecule has 0 atom stereocenters. The Kier molecular flexibility index (Phi) is 7.08. The summed E-state index contributed by atoms with van der Waals surface area (Å²) >= 11 is 1.71. The molecule has 156 valence electrons. The number of nitrogens with zero attached hydrogens (tertiary/aromatic N) is 2. The van der Waals surface area contributed by atoms with E-state index in [0.29, 0.717) is 25.6 Å². The lowest BCUT2D eigenvalue weighted by Gasteiger charge is -2.20. The quantitative estimate of drug-likeness (QED) is 0.400. The van der Waals surface area contributed by atoms with E-state index >= 15 is 0 Å². The van der Waals surface area contributed by atoms with Gasteiger partial charge < -0.3 is 10.6 Å². The number of aliphatic imine (C=N–C) groups is 1. The fourth-order valence-corrected chi connectivity index (χ4v) is 5.54. The van der Waals surface area contributed by atoms with Crippen LogP contribution in [0, 0.1) is 6.92 Å². The molecule has 0 fully saturated rings. The Morgan fingerprint density at radius 1 is 1.21 bits per heavy atom. The van der Waals surface area contributed by atoms with E-state index in [9.17, 15) is 8.42 Å². The average Bonchev–Trinajstić information content (AvgIpc) is 3.16. The number of hydrogen-bond donors (Lipinski definition) is 2. The van der Waals surface area contributed by atoms with Crippen molar-refractivity contribution in [3.63, 3.8) is 0 Å². The normalized spacial score (nSPS) is 14.0. The first-order chi connectivity index (χ1) is 13.9. The molecule has 0 radical (unpaired) electrons. The van der Waals surface area contributed by atoms with Crippen LogP contribution in [0.4, 0.5) is 5.69 Å². The van der Waals surface area contributed by atoms with Crippen molar-refractivity contribution >= 4 is 33.4 Å². The summed E-state index contributed by atoms with van der Waals surface area (Å²) in [7, 11) is -1.69. The Morgan fingerprint density at radius 2 is 2.00 bits per heavy atom. The average molecular weight is 433 g/mol. The monoisotopic (exact) mass is 432 g/mol. The van der Waals surface area contributed by atoms with Crippen molar-refractivity contribution in [2.75, 3.05) is 36.5 Å². The molecule has 2 N–H and O–H groups in total. The molecule has 0 bridgehead atoms. The van der Waals surface area contributed by atoms with Gasteiger partial charge >= 0.3 is 0 Å². The molecule has 29 heavy (non-hydrogen) atoms. The Balaban J connectivity index is 1.54. The third-order valence-electron chi connectivity index (χ3n) is 4.95. The molecule has 0 unspecified atom stereocenters. The van der Waals surface area contributed by atoms with Crippen LogP contribution in [0.3, 0.4) is 0 Å². The van der Waals surface area contributed by atoms with Gasteiger partial charge in [-0.15, -0.1) is 11.8 Å². The van der Waals surface area contributed by atoms with Gasteiger partial charge in [-0.2, -0.15) is 0 Å². The SMILES string of the molecule is CN=C(NCCS(=O)(=O)N1CCc2ccccc21)NCc1ccc(C)cc1SC. The number of hydrogen-bond acceptors (Lipinski definition) is 4. The number of aryl methyl sites for hydroxylation is 1. The van der Waals surface area contributed by atoms with Crippen LogP contribution in [0.25, 0.3) is 0 Å². The number of guanidine groups is 1. The Hall–Kier alpha value is -2.19. The summed E-state index contributed by atoms with van der Waals surface area (Å²) in [5, 5.41) is 6.39. The first-order valence-electron chi connectivity index (χ1n) is 9.61. The molecule has 2 aromatic carbocycles. The number of benzene rings is 2. The van der Waals surface area contributed by atoms with Gasteiger partial charge in [-0.3, -0.25) is 9.30 Å². The molecule has 0 aliphatic carbocycles. The molecule has 0 saturated carbocycles. The van der Waals surface area contributed by atoms with Crippen LogP contribution in [-0.2, 0) is 23.0 Å². The Bertz CT molecular complexity index is 990. The fourth-order valence-electron chi connectivity index (χ4n) is 3.40. The van der Waals surface area contributed by atoms with E-state index in [4.69, 9.17) is 0 Å². The molecule has 6 nitrogen and oxygen atoms in total. The maximum Gasteiger partial charge on any atom is 0.236 e. The summed E-state index contributed by atoms with van der Waals surface area (Å²) in [4.78, 5) is 5.43. The summed E-state index contributed by atoms with van der Waals surface area (Å²) in [6.07, 6.45) is 2.83. The number of thioether (sulfide) groups is 1. The van der Waals surface area contributed by atoms with Crippen molar-refractivity contribution in [3.8, 4) is 0 Å². The molecule has 0 saturated heterocycles. The standard InChI is InChI=1S/C21H28N4O2S2/c1-16-8-9-18(20(14-16)28-3)15-24-21(22-2)23-11-13-29(26,27)25-12-10-17-6-4-5-7-19(17)25/h4-9,14H,10-13,15H2,1-3H3,(H2,22,23,24). The number of sulfonamides is 1. The van der Waals surface area contributed by atoms with Crippen molar-refractivity contribution in [1.29, 1.82) is 0 Å². The van der Waals surface area contributed by atoms with Gasteiger partial charge in [0.1, 0.15) is 0 Å². The predicted molar refractivity (Wildman–Crippen MR) is 122 cm³/mol. The van der Waals surface area contributed by atoms with Crippen molar-refractivity contribution < 1.29 is 8.42 Å². The molecule has 1 heterocycles. The molecule has 2 aromatic rings. The van der Waals surface area contributed by atoms with Gasteiger partial charge in [0.25, 0.3) is 0 Å². The Labute approximate surface area is 177 Å². The van der Waals surface area contributed by atoms with E-state index in [2.05, 4.69) is 47.0 Å². The molecule has 0 spiro atoms. The van der Waals surface area contributed by atoms with Crippen LogP contribution >= 0.6 is 11.8 Å². The summed E-state index contributed by atoms with van der Waals surface area (Å²) < 4.78 is 27.1. The summed E-state index contributed by atoms with van der Waals surface area (Å²) in [5.41, 5.74) is 4.31. The second-order valence-electron chi connectivity index (χ2n) is 6.93. The number of fused-ring (bicyclic) bond motifs is 1. The van der Waals surface area contributed by atoms with Gasteiger partial charge in [-0.1, -0.05) is 30.3 Å². The van der Waals surface area contributed by atoms with Gasteiger partial charge in [0.2, 0.25) is 10.0 Å². The molecule has 3 rings (SSSR count). The maximum atomic E-state index is 12.8. The second kappa shape index (κ2) is 9.54. The smallest absolute Gasteiger partial charge is 0.236 e. The van der Waals surface area contributed by atoms with Crippen LogP contribution in [0.1, 0.15) is 16.7 Å². The lowest BCUT2D eigenvalue weighted by molar-refractivity contribution is 0.590. The van der Waals surface area contributed by atoms with Crippen LogP contribution in [0.5, 0.6) is 0 Å². The van der Waals surface area contributed by atoms with E-state index in [1.54, 1.807) is 18.8 Å². The lowest BCUT2D eigenvalue weighted by atomic mass is 10.1. The third kappa shape index (κ3) is 5.25. The van der Waals surface area contributed by atoms with Crippen molar-refractivity contribution in [2.45, 2.75) is 24.8 Å².